The Labute approximate surface area is 153 Å². The van der Waals surface area contributed by atoms with E-state index < -0.39 is 10.0 Å². The van der Waals surface area contributed by atoms with Gasteiger partial charge < -0.3 is 5.73 Å². The second-order valence-electron chi connectivity index (χ2n) is 7.29. The van der Waals surface area contributed by atoms with E-state index >= 15 is 0 Å². The molecule has 0 saturated heterocycles. The molecule has 0 heterocycles. The Morgan fingerprint density at radius 1 is 1.08 bits per heavy atom. The van der Waals surface area contributed by atoms with Gasteiger partial charge in [0.15, 0.2) is 0 Å². The Kier molecular flexibility index (Phi) is 5.81. The first-order valence-electron chi connectivity index (χ1n) is 9.15. The summed E-state index contributed by atoms with van der Waals surface area (Å²) in [4.78, 5) is 4.99. The zero-order chi connectivity index (χ0) is 17.9. The van der Waals surface area contributed by atoms with E-state index in [9.17, 15) is 8.42 Å². The first-order chi connectivity index (χ1) is 11.9. The quantitative estimate of drug-likeness (QED) is 0.467. The molecule has 0 amide bonds. The molecule has 2 fully saturated rings. The van der Waals surface area contributed by atoms with Crippen LogP contribution in [0.3, 0.4) is 0 Å². The third-order valence-electron chi connectivity index (χ3n) is 5.20. The van der Waals surface area contributed by atoms with Gasteiger partial charge in [-0.1, -0.05) is 32.1 Å². The number of rotatable bonds is 5. The molecule has 1 unspecified atom stereocenters. The van der Waals surface area contributed by atoms with Crippen molar-refractivity contribution < 1.29 is 8.42 Å². The SMILES string of the molecule is N/C(=N\C1(P)CCCCC1)c1ccc(S(=O)(=O)NC2CCCC2)cc1. The van der Waals surface area contributed by atoms with E-state index in [4.69, 9.17) is 10.7 Å². The van der Waals surface area contributed by atoms with Crippen LogP contribution in [-0.2, 0) is 10.0 Å². The molecule has 0 spiro atoms. The van der Waals surface area contributed by atoms with Gasteiger partial charge in [-0.3, -0.25) is 4.99 Å². The Morgan fingerprint density at radius 2 is 1.68 bits per heavy atom. The van der Waals surface area contributed by atoms with Crippen molar-refractivity contribution in [1.29, 1.82) is 0 Å². The molecule has 25 heavy (non-hydrogen) atoms. The molecule has 0 radical (unpaired) electrons. The predicted molar refractivity (Wildman–Crippen MR) is 105 cm³/mol. The Morgan fingerprint density at radius 3 is 2.28 bits per heavy atom. The van der Waals surface area contributed by atoms with Crippen LogP contribution >= 0.6 is 9.24 Å². The van der Waals surface area contributed by atoms with Crippen LogP contribution in [0.5, 0.6) is 0 Å². The Hall–Kier alpha value is -0.970. The van der Waals surface area contributed by atoms with Crippen LogP contribution in [0.15, 0.2) is 34.2 Å². The molecule has 5 nitrogen and oxygen atoms in total. The van der Waals surface area contributed by atoms with Crippen molar-refractivity contribution in [3.8, 4) is 0 Å². The van der Waals surface area contributed by atoms with Crippen molar-refractivity contribution in [2.24, 2.45) is 10.7 Å². The molecule has 0 bridgehead atoms. The molecule has 1 aromatic carbocycles. The third kappa shape index (κ3) is 4.81. The number of aliphatic imine (C=N–C) groups is 1. The Bertz CT molecular complexity index is 719. The maximum absolute atomic E-state index is 12.5. The summed E-state index contributed by atoms with van der Waals surface area (Å²) in [5, 5.41) is -0.170. The smallest absolute Gasteiger partial charge is 0.240 e. The summed E-state index contributed by atoms with van der Waals surface area (Å²) < 4.78 is 27.7. The van der Waals surface area contributed by atoms with E-state index in [1.165, 1.54) is 19.3 Å². The maximum Gasteiger partial charge on any atom is 0.240 e. The van der Waals surface area contributed by atoms with Gasteiger partial charge in [-0.25, -0.2) is 13.1 Å². The van der Waals surface area contributed by atoms with Crippen LogP contribution < -0.4 is 10.5 Å². The molecule has 1 atom stereocenters. The van der Waals surface area contributed by atoms with Crippen molar-refractivity contribution in [1.82, 2.24) is 4.72 Å². The van der Waals surface area contributed by atoms with Crippen LogP contribution in [0.25, 0.3) is 0 Å². The fraction of sp³-hybridized carbons (Fsp3) is 0.611. The van der Waals surface area contributed by atoms with E-state index in [2.05, 4.69) is 14.0 Å². The molecular formula is C18H28N3O2PS. The average molecular weight is 381 g/mol. The number of nitrogens with two attached hydrogens (primary N) is 1. The highest BCUT2D eigenvalue weighted by atomic mass is 32.2. The van der Waals surface area contributed by atoms with Crippen molar-refractivity contribution >= 4 is 25.1 Å². The number of sulfonamides is 1. The standard InChI is InChI=1S/C18H28N3O2PS/c19-17(20-18(24)12-4-1-5-13-18)14-8-10-16(11-9-14)25(22,23)21-15-6-2-3-7-15/h8-11,15,21H,1-7,12-13,24H2,(H2,19,20). The fourth-order valence-corrected chi connectivity index (χ4v) is 5.57. The second-order valence-corrected chi connectivity index (χ2v) is 10.1. The second kappa shape index (κ2) is 7.73. The summed E-state index contributed by atoms with van der Waals surface area (Å²) in [5.74, 6) is 0.476. The summed E-state index contributed by atoms with van der Waals surface area (Å²) in [7, 11) is -0.611. The van der Waals surface area contributed by atoms with Gasteiger partial charge >= 0.3 is 0 Å². The molecule has 3 rings (SSSR count). The normalized spacial score (nSPS) is 22.2. The molecular weight excluding hydrogens is 353 g/mol. The van der Waals surface area contributed by atoms with Gasteiger partial charge in [0.2, 0.25) is 10.0 Å². The van der Waals surface area contributed by atoms with E-state index in [0.717, 1.165) is 44.1 Å². The number of amidine groups is 1. The highest BCUT2D eigenvalue weighted by Gasteiger charge is 2.27. The summed E-state index contributed by atoms with van der Waals surface area (Å²) in [6.07, 6.45) is 9.68. The van der Waals surface area contributed by atoms with Gasteiger partial charge in [0.25, 0.3) is 0 Å². The number of hydrogen-bond acceptors (Lipinski definition) is 3. The van der Waals surface area contributed by atoms with E-state index in [-0.39, 0.29) is 16.2 Å². The molecule has 2 saturated carbocycles. The number of benzene rings is 1. The first kappa shape index (κ1) is 18.8. The molecule has 2 aliphatic carbocycles. The van der Waals surface area contributed by atoms with Crippen LogP contribution in [0.2, 0.25) is 0 Å². The molecule has 3 N–H and O–H groups in total. The highest BCUT2D eigenvalue weighted by molar-refractivity contribution is 7.89. The fourth-order valence-electron chi connectivity index (χ4n) is 3.72. The zero-order valence-corrected chi connectivity index (χ0v) is 16.5. The number of hydrogen-bond donors (Lipinski definition) is 2. The summed E-state index contributed by atoms with van der Waals surface area (Å²) in [6.45, 7) is 0. The average Bonchev–Trinajstić information content (AvgIpc) is 3.07. The van der Waals surface area contributed by atoms with Crippen molar-refractivity contribution in [3.05, 3.63) is 29.8 Å². The molecule has 7 heteroatoms. The van der Waals surface area contributed by atoms with Crippen LogP contribution in [-0.4, -0.2) is 25.6 Å². The van der Waals surface area contributed by atoms with Crippen LogP contribution in [0.4, 0.5) is 0 Å². The van der Waals surface area contributed by atoms with Gasteiger partial charge in [0.1, 0.15) is 5.84 Å². The van der Waals surface area contributed by atoms with Crippen molar-refractivity contribution in [2.45, 2.75) is 74.0 Å². The monoisotopic (exact) mass is 381 g/mol. The van der Waals surface area contributed by atoms with Gasteiger partial charge in [0, 0.05) is 11.6 Å². The van der Waals surface area contributed by atoms with Crippen LogP contribution in [0.1, 0.15) is 63.4 Å². The molecule has 0 aromatic heterocycles. The lowest BCUT2D eigenvalue weighted by Gasteiger charge is -2.29. The zero-order valence-electron chi connectivity index (χ0n) is 14.6. The van der Waals surface area contributed by atoms with Crippen molar-refractivity contribution in [2.75, 3.05) is 0 Å². The van der Waals surface area contributed by atoms with Gasteiger partial charge in [-0.05, 0) is 49.9 Å². The summed E-state index contributed by atoms with van der Waals surface area (Å²) in [5.41, 5.74) is 6.94. The topological polar surface area (TPSA) is 84.5 Å². The summed E-state index contributed by atoms with van der Waals surface area (Å²) >= 11 is 0. The lowest BCUT2D eigenvalue weighted by atomic mass is 9.95. The van der Waals surface area contributed by atoms with Gasteiger partial charge in [0.05, 0.1) is 10.2 Å². The summed E-state index contributed by atoms with van der Waals surface area (Å²) in [6, 6.07) is 6.80. The Balaban J connectivity index is 1.72. The minimum Gasteiger partial charge on any atom is -0.383 e. The largest absolute Gasteiger partial charge is 0.383 e. The van der Waals surface area contributed by atoms with Crippen molar-refractivity contribution in [3.63, 3.8) is 0 Å². The van der Waals surface area contributed by atoms with E-state index in [1.54, 1.807) is 24.3 Å². The molecule has 2 aliphatic rings. The van der Waals surface area contributed by atoms with E-state index in [0.29, 0.717) is 5.84 Å². The molecule has 0 aliphatic heterocycles. The maximum atomic E-state index is 12.5. The molecule has 138 valence electrons. The lowest BCUT2D eigenvalue weighted by molar-refractivity contribution is 0.408. The minimum atomic E-state index is -3.46. The highest BCUT2D eigenvalue weighted by Crippen LogP contribution is 2.37. The minimum absolute atomic E-state index is 0.0691. The first-order valence-corrected chi connectivity index (χ1v) is 11.2. The number of nitrogens with zero attached hydrogens (tertiary/aromatic N) is 1. The lowest BCUT2D eigenvalue weighted by Crippen LogP contribution is -2.32. The third-order valence-corrected chi connectivity index (χ3v) is 7.44. The molecule has 1 aromatic rings. The van der Waals surface area contributed by atoms with Gasteiger partial charge in [-0.15, -0.1) is 9.24 Å². The van der Waals surface area contributed by atoms with E-state index in [1.807, 2.05) is 0 Å². The predicted octanol–water partition coefficient (Wildman–Crippen LogP) is 3.15. The van der Waals surface area contributed by atoms with Crippen LogP contribution in [0, 0.1) is 0 Å². The van der Waals surface area contributed by atoms with Gasteiger partial charge in [-0.2, -0.15) is 0 Å². The number of nitrogens with one attached hydrogen (secondary N) is 1.